The van der Waals surface area contributed by atoms with E-state index < -0.39 is 0 Å². The van der Waals surface area contributed by atoms with Gasteiger partial charge in [-0.05, 0) is 18.3 Å². The molecule has 3 nitrogen and oxygen atoms in total. The molecule has 13 heavy (non-hydrogen) atoms. The average Bonchev–Trinajstić information content (AvgIpc) is 2.13. The van der Waals surface area contributed by atoms with Gasteiger partial charge in [-0.25, -0.2) is 4.79 Å². The highest BCUT2D eigenvalue weighted by atomic mass is 16.2. The van der Waals surface area contributed by atoms with Crippen LogP contribution in [0.1, 0.15) is 33.1 Å². The number of nitrogens with one attached hydrogen (secondary N) is 2. The molecule has 0 radical (unpaired) electrons. The number of urea groups is 1. The highest BCUT2D eigenvalue weighted by Gasteiger charge is 2.27. The van der Waals surface area contributed by atoms with Gasteiger partial charge in [0.1, 0.15) is 0 Å². The zero-order valence-corrected chi connectivity index (χ0v) is 8.76. The Kier molecular flexibility index (Phi) is 3.58. The van der Waals surface area contributed by atoms with Gasteiger partial charge in [0.25, 0.3) is 0 Å². The van der Waals surface area contributed by atoms with E-state index in [1.807, 2.05) is 0 Å². The van der Waals surface area contributed by atoms with Crippen molar-refractivity contribution in [2.24, 2.45) is 11.8 Å². The Bertz CT molecular complexity index is 182. The summed E-state index contributed by atoms with van der Waals surface area (Å²) in [7, 11) is 1.66. The number of amides is 2. The fraction of sp³-hybridized carbons (Fsp3) is 0.900. The second-order valence-corrected chi connectivity index (χ2v) is 4.10. The smallest absolute Gasteiger partial charge is 0.314 e. The first kappa shape index (κ1) is 10.4. The maximum atomic E-state index is 11.1. The van der Waals surface area contributed by atoms with Crippen LogP contribution in [0.4, 0.5) is 4.79 Å². The monoisotopic (exact) mass is 184 g/mol. The van der Waals surface area contributed by atoms with Crippen LogP contribution >= 0.6 is 0 Å². The van der Waals surface area contributed by atoms with E-state index in [4.69, 9.17) is 0 Å². The van der Waals surface area contributed by atoms with Gasteiger partial charge < -0.3 is 10.6 Å². The lowest BCUT2D eigenvalue weighted by Gasteiger charge is -2.34. The van der Waals surface area contributed by atoms with E-state index in [0.29, 0.717) is 12.0 Å². The van der Waals surface area contributed by atoms with Crippen LogP contribution < -0.4 is 10.6 Å². The van der Waals surface area contributed by atoms with Gasteiger partial charge in [0.05, 0.1) is 0 Å². The predicted octanol–water partition coefficient (Wildman–Crippen LogP) is 1.74. The SMILES string of the molecule is CNC(=O)NC1CCCC(C)C1C. The summed E-state index contributed by atoms with van der Waals surface area (Å²) in [6.45, 7) is 4.49. The molecule has 1 rings (SSSR count). The zero-order valence-electron chi connectivity index (χ0n) is 8.76. The summed E-state index contributed by atoms with van der Waals surface area (Å²) in [5, 5.41) is 5.60. The minimum Gasteiger partial charge on any atom is -0.341 e. The summed E-state index contributed by atoms with van der Waals surface area (Å²) in [6, 6.07) is 0.314. The van der Waals surface area contributed by atoms with Crippen LogP contribution in [-0.4, -0.2) is 19.1 Å². The van der Waals surface area contributed by atoms with Gasteiger partial charge in [0.2, 0.25) is 0 Å². The van der Waals surface area contributed by atoms with E-state index in [0.717, 1.165) is 12.3 Å². The first-order chi connectivity index (χ1) is 6.15. The number of carbonyl (C=O) groups excluding carboxylic acids is 1. The molecule has 1 saturated carbocycles. The summed E-state index contributed by atoms with van der Waals surface area (Å²) in [5.41, 5.74) is 0. The normalized spacial score (nSPS) is 33.9. The van der Waals surface area contributed by atoms with Crippen molar-refractivity contribution in [2.75, 3.05) is 7.05 Å². The van der Waals surface area contributed by atoms with E-state index in [9.17, 15) is 4.79 Å². The van der Waals surface area contributed by atoms with E-state index in [1.165, 1.54) is 12.8 Å². The first-order valence-electron chi connectivity index (χ1n) is 5.13. The minimum atomic E-state index is -0.0500. The van der Waals surface area contributed by atoms with Crippen LogP contribution in [0.5, 0.6) is 0 Å². The third-order valence-corrected chi connectivity index (χ3v) is 3.25. The molecule has 1 aliphatic rings. The van der Waals surface area contributed by atoms with Crippen LogP contribution in [0, 0.1) is 11.8 Å². The minimum absolute atomic E-state index is 0.0500. The summed E-state index contributed by atoms with van der Waals surface area (Å²) in [4.78, 5) is 11.1. The molecule has 1 aliphatic carbocycles. The van der Waals surface area contributed by atoms with Crippen LogP contribution in [-0.2, 0) is 0 Å². The van der Waals surface area contributed by atoms with Crippen molar-refractivity contribution in [2.45, 2.75) is 39.2 Å². The molecule has 0 aromatic heterocycles. The maximum Gasteiger partial charge on any atom is 0.314 e. The van der Waals surface area contributed by atoms with Gasteiger partial charge in [-0.15, -0.1) is 0 Å². The van der Waals surface area contributed by atoms with E-state index in [1.54, 1.807) is 7.05 Å². The van der Waals surface area contributed by atoms with Crippen molar-refractivity contribution >= 4 is 6.03 Å². The van der Waals surface area contributed by atoms with E-state index in [-0.39, 0.29) is 6.03 Å². The van der Waals surface area contributed by atoms with Gasteiger partial charge in [0.15, 0.2) is 0 Å². The average molecular weight is 184 g/mol. The quantitative estimate of drug-likeness (QED) is 0.640. The Morgan fingerprint density at radius 2 is 2.00 bits per heavy atom. The molecule has 3 heteroatoms. The second-order valence-electron chi connectivity index (χ2n) is 4.10. The number of rotatable bonds is 1. The molecule has 0 saturated heterocycles. The molecule has 0 bridgehead atoms. The largest absolute Gasteiger partial charge is 0.341 e. The van der Waals surface area contributed by atoms with Crippen LogP contribution in [0.2, 0.25) is 0 Å². The fourth-order valence-electron chi connectivity index (χ4n) is 2.03. The summed E-state index contributed by atoms with van der Waals surface area (Å²) >= 11 is 0. The molecular formula is C10H20N2O. The Balaban J connectivity index is 2.43. The van der Waals surface area contributed by atoms with Crippen LogP contribution in [0.15, 0.2) is 0 Å². The molecule has 2 amide bonds. The Hall–Kier alpha value is -0.730. The highest BCUT2D eigenvalue weighted by molar-refractivity contribution is 5.73. The summed E-state index contributed by atoms with van der Waals surface area (Å²) < 4.78 is 0. The first-order valence-corrected chi connectivity index (χ1v) is 5.13. The molecule has 0 spiro atoms. The topological polar surface area (TPSA) is 41.1 Å². The molecule has 76 valence electrons. The molecule has 0 heterocycles. The van der Waals surface area contributed by atoms with Crippen molar-refractivity contribution in [3.63, 3.8) is 0 Å². The molecular weight excluding hydrogens is 164 g/mol. The standard InChI is InChI=1S/C10H20N2O/c1-7-5-4-6-9(8(7)2)12-10(13)11-3/h7-9H,4-6H2,1-3H3,(H2,11,12,13). The van der Waals surface area contributed by atoms with Crippen molar-refractivity contribution in [3.8, 4) is 0 Å². The molecule has 3 unspecified atom stereocenters. The van der Waals surface area contributed by atoms with Crippen molar-refractivity contribution < 1.29 is 4.79 Å². The Morgan fingerprint density at radius 1 is 1.31 bits per heavy atom. The van der Waals surface area contributed by atoms with Gasteiger partial charge >= 0.3 is 6.03 Å². The molecule has 0 aliphatic heterocycles. The molecule has 0 aromatic carbocycles. The molecule has 1 fully saturated rings. The lowest BCUT2D eigenvalue weighted by molar-refractivity contribution is 0.196. The van der Waals surface area contributed by atoms with Gasteiger partial charge in [-0.2, -0.15) is 0 Å². The van der Waals surface area contributed by atoms with Crippen molar-refractivity contribution in [1.82, 2.24) is 10.6 Å². The van der Waals surface area contributed by atoms with Crippen molar-refractivity contribution in [1.29, 1.82) is 0 Å². The number of carbonyl (C=O) groups is 1. The molecule has 0 aromatic rings. The van der Waals surface area contributed by atoms with Gasteiger partial charge in [-0.1, -0.05) is 26.7 Å². The predicted molar refractivity (Wildman–Crippen MR) is 53.6 cm³/mol. The Labute approximate surface area is 80.3 Å². The Morgan fingerprint density at radius 3 is 2.62 bits per heavy atom. The van der Waals surface area contributed by atoms with Gasteiger partial charge in [0, 0.05) is 13.1 Å². The van der Waals surface area contributed by atoms with Crippen molar-refractivity contribution in [3.05, 3.63) is 0 Å². The third kappa shape index (κ3) is 2.61. The van der Waals surface area contributed by atoms with Gasteiger partial charge in [-0.3, -0.25) is 0 Å². The van der Waals surface area contributed by atoms with Crippen LogP contribution in [0.25, 0.3) is 0 Å². The number of hydrogen-bond donors (Lipinski definition) is 2. The second kappa shape index (κ2) is 4.49. The summed E-state index contributed by atoms with van der Waals surface area (Å²) in [6.07, 6.45) is 3.66. The van der Waals surface area contributed by atoms with E-state index in [2.05, 4.69) is 24.5 Å². The lowest BCUT2D eigenvalue weighted by Crippen LogP contribution is -2.46. The number of hydrogen-bond acceptors (Lipinski definition) is 1. The summed E-state index contributed by atoms with van der Waals surface area (Å²) in [5.74, 6) is 1.34. The maximum absolute atomic E-state index is 11.1. The molecule has 2 N–H and O–H groups in total. The molecule has 3 atom stereocenters. The zero-order chi connectivity index (χ0) is 9.84. The van der Waals surface area contributed by atoms with Crippen LogP contribution in [0.3, 0.4) is 0 Å². The fourth-order valence-corrected chi connectivity index (χ4v) is 2.03. The lowest BCUT2D eigenvalue weighted by atomic mass is 9.78. The van der Waals surface area contributed by atoms with E-state index >= 15 is 0 Å². The third-order valence-electron chi connectivity index (χ3n) is 3.25. The highest BCUT2D eigenvalue weighted by Crippen LogP contribution is 2.29.